The molecule has 6 nitrogen and oxygen atoms in total. The Hall–Kier alpha value is -2.75. The average Bonchev–Trinajstić information content (AvgIpc) is 3.08. The Morgan fingerprint density at radius 1 is 1.15 bits per heavy atom. The van der Waals surface area contributed by atoms with Crippen LogP contribution in [0.25, 0.3) is 5.69 Å². The predicted octanol–water partition coefficient (Wildman–Crippen LogP) is 2.42. The van der Waals surface area contributed by atoms with Gasteiger partial charge in [0.05, 0.1) is 11.4 Å². The molecule has 1 N–H and O–H groups in total. The molecule has 0 radical (unpaired) electrons. The Morgan fingerprint density at radius 3 is 2.65 bits per heavy atom. The number of alkyl halides is 3. The molecule has 1 aromatic carbocycles. The van der Waals surface area contributed by atoms with Gasteiger partial charge in [-0.15, -0.1) is 0 Å². The van der Waals surface area contributed by atoms with Gasteiger partial charge in [-0.25, -0.2) is 9.67 Å². The van der Waals surface area contributed by atoms with Crippen LogP contribution >= 0.6 is 0 Å². The third-order valence-corrected chi connectivity index (χ3v) is 4.64. The summed E-state index contributed by atoms with van der Waals surface area (Å²) in [6.45, 7) is 0. The fourth-order valence-corrected chi connectivity index (χ4v) is 3.42. The lowest BCUT2D eigenvalue weighted by Crippen LogP contribution is -2.19. The van der Waals surface area contributed by atoms with Gasteiger partial charge in [-0.2, -0.15) is 18.3 Å². The molecule has 0 bridgehead atoms. The lowest BCUT2D eigenvalue weighted by Gasteiger charge is -2.08. The standard InChI is InChI=1S/C16H13F3N4O2S/c17-16(18,19)13-8-15(24)22-14(21-13)10-26(25)9-11-3-1-4-12(7-11)23-6-2-5-20-23/h1-8H,9-10H2,(H,21,22,24). The third kappa shape index (κ3) is 4.45. The Labute approximate surface area is 148 Å². The molecule has 0 spiro atoms. The van der Waals surface area contributed by atoms with Crippen LogP contribution < -0.4 is 5.56 Å². The molecule has 1 unspecified atom stereocenters. The van der Waals surface area contributed by atoms with Crippen LogP contribution in [0.2, 0.25) is 0 Å². The number of nitrogens with one attached hydrogen (secondary N) is 1. The molecule has 0 saturated carbocycles. The van der Waals surface area contributed by atoms with Crippen LogP contribution in [0, 0.1) is 0 Å². The maximum Gasteiger partial charge on any atom is 0.433 e. The number of halogens is 3. The fraction of sp³-hybridized carbons (Fsp3) is 0.188. The molecule has 0 aliphatic rings. The minimum absolute atomic E-state index is 0.106. The highest BCUT2D eigenvalue weighted by molar-refractivity contribution is 7.83. The number of rotatable bonds is 5. The molecule has 3 rings (SSSR count). The van der Waals surface area contributed by atoms with Gasteiger partial charge in [0.15, 0.2) is 5.69 Å². The minimum Gasteiger partial charge on any atom is -0.310 e. The summed E-state index contributed by atoms with van der Waals surface area (Å²) in [5.74, 6) is -0.438. The summed E-state index contributed by atoms with van der Waals surface area (Å²) < 4.78 is 52.1. The molecule has 2 heterocycles. The minimum atomic E-state index is -4.73. The highest BCUT2D eigenvalue weighted by Crippen LogP contribution is 2.26. The van der Waals surface area contributed by atoms with Gasteiger partial charge in [-0.3, -0.25) is 9.00 Å². The predicted molar refractivity (Wildman–Crippen MR) is 89.0 cm³/mol. The van der Waals surface area contributed by atoms with Crippen molar-refractivity contribution in [3.63, 3.8) is 0 Å². The monoisotopic (exact) mass is 382 g/mol. The second-order valence-corrected chi connectivity index (χ2v) is 6.88. The van der Waals surface area contributed by atoms with Crippen LogP contribution in [0.4, 0.5) is 13.2 Å². The topological polar surface area (TPSA) is 80.6 Å². The first-order valence-electron chi connectivity index (χ1n) is 7.42. The molecule has 1 atom stereocenters. The van der Waals surface area contributed by atoms with E-state index in [1.807, 2.05) is 6.07 Å². The van der Waals surface area contributed by atoms with Gasteiger partial charge in [-0.05, 0) is 23.8 Å². The van der Waals surface area contributed by atoms with Crippen molar-refractivity contribution in [2.24, 2.45) is 0 Å². The number of hydrogen-bond acceptors (Lipinski definition) is 4. The number of H-pyrrole nitrogens is 1. The molecule has 2 aromatic heterocycles. The van der Waals surface area contributed by atoms with E-state index in [9.17, 15) is 22.2 Å². The average molecular weight is 382 g/mol. The molecule has 0 amide bonds. The van der Waals surface area contributed by atoms with E-state index < -0.39 is 28.2 Å². The summed E-state index contributed by atoms with van der Waals surface area (Å²) in [4.78, 5) is 16.9. The van der Waals surface area contributed by atoms with Crippen molar-refractivity contribution in [1.82, 2.24) is 19.7 Å². The molecule has 26 heavy (non-hydrogen) atoms. The lowest BCUT2D eigenvalue weighted by atomic mass is 10.2. The number of benzene rings is 1. The van der Waals surface area contributed by atoms with Crippen molar-refractivity contribution in [1.29, 1.82) is 0 Å². The van der Waals surface area contributed by atoms with E-state index in [1.165, 1.54) is 0 Å². The van der Waals surface area contributed by atoms with Gasteiger partial charge in [0.25, 0.3) is 5.56 Å². The zero-order chi connectivity index (χ0) is 18.7. The van der Waals surface area contributed by atoms with Crippen molar-refractivity contribution in [3.05, 3.63) is 76.2 Å². The number of aromatic nitrogens is 4. The van der Waals surface area contributed by atoms with E-state index in [4.69, 9.17) is 0 Å². The normalized spacial score (nSPS) is 12.9. The quantitative estimate of drug-likeness (QED) is 0.735. The zero-order valence-corrected chi connectivity index (χ0v) is 14.0. The Morgan fingerprint density at radius 2 is 1.96 bits per heavy atom. The number of aromatic amines is 1. The summed E-state index contributed by atoms with van der Waals surface area (Å²) in [6.07, 6.45) is -1.35. The first kappa shape index (κ1) is 18.1. The largest absolute Gasteiger partial charge is 0.433 e. The molecular formula is C16H13F3N4O2S. The van der Waals surface area contributed by atoms with Crippen molar-refractivity contribution in [3.8, 4) is 5.69 Å². The first-order valence-corrected chi connectivity index (χ1v) is 8.91. The van der Waals surface area contributed by atoms with Gasteiger partial charge in [0, 0.05) is 35.0 Å². The number of hydrogen-bond donors (Lipinski definition) is 1. The molecule has 0 aliphatic carbocycles. The van der Waals surface area contributed by atoms with Crippen LogP contribution in [-0.4, -0.2) is 24.0 Å². The molecule has 136 valence electrons. The summed E-state index contributed by atoms with van der Waals surface area (Å²) in [5, 5.41) is 4.10. The third-order valence-electron chi connectivity index (χ3n) is 3.39. The van der Waals surface area contributed by atoms with Crippen LogP contribution in [0.1, 0.15) is 17.1 Å². The molecule has 0 aliphatic heterocycles. The van der Waals surface area contributed by atoms with E-state index in [1.54, 1.807) is 41.3 Å². The molecule has 0 fully saturated rings. The van der Waals surface area contributed by atoms with Crippen molar-refractivity contribution in [2.75, 3.05) is 0 Å². The molecule has 10 heteroatoms. The van der Waals surface area contributed by atoms with E-state index in [0.29, 0.717) is 6.07 Å². The zero-order valence-electron chi connectivity index (χ0n) is 13.2. The number of nitrogens with zero attached hydrogens (tertiary/aromatic N) is 3. The molecular weight excluding hydrogens is 369 g/mol. The van der Waals surface area contributed by atoms with Crippen molar-refractivity contribution in [2.45, 2.75) is 17.7 Å². The van der Waals surface area contributed by atoms with Crippen LogP contribution in [0.15, 0.2) is 53.6 Å². The lowest BCUT2D eigenvalue weighted by molar-refractivity contribution is -0.141. The summed E-state index contributed by atoms with van der Waals surface area (Å²) >= 11 is 0. The van der Waals surface area contributed by atoms with E-state index in [0.717, 1.165) is 11.3 Å². The van der Waals surface area contributed by atoms with E-state index in [-0.39, 0.29) is 17.3 Å². The SMILES string of the molecule is O=c1cc(C(F)(F)F)nc(CS(=O)Cc2cccc(-n3cccn3)c2)[nH]1. The van der Waals surface area contributed by atoms with Gasteiger partial charge < -0.3 is 4.98 Å². The first-order chi connectivity index (χ1) is 12.3. The van der Waals surface area contributed by atoms with Crippen LogP contribution in [-0.2, 0) is 28.5 Å². The van der Waals surface area contributed by atoms with E-state index in [2.05, 4.69) is 15.1 Å². The van der Waals surface area contributed by atoms with Gasteiger partial charge >= 0.3 is 6.18 Å². The van der Waals surface area contributed by atoms with Crippen LogP contribution in [0.5, 0.6) is 0 Å². The maximum absolute atomic E-state index is 12.7. The van der Waals surface area contributed by atoms with Crippen molar-refractivity contribution >= 4 is 10.8 Å². The molecule has 3 aromatic rings. The summed E-state index contributed by atoms with van der Waals surface area (Å²) in [7, 11) is -1.55. The maximum atomic E-state index is 12.7. The Kier molecular flexibility index (Phi) is 5.03. The van der Waals surface area contributed by atoms with E-state index >= 15 is 0 Å². The smallest absolute Gasteiger partial charge is 0.310 e. The van der Waals surface area contributed by atoms with Crippen LogP contribution in [0.3, 0.4) is 0 Å². The highest BCUT2D eigenvalue weighted by Gasteiger charge is 2.33. The van der Waals surface area contributed by atoms with Gasteiger partial charge in [-0.1, -0.05) is 12.1 Å². The fourth-order valence-electron chi connectivity index (χ4n) is 2.32. The summed E-state index contributed by atoms with van der Waals surface area (Å²) in [6, 6.07) is 9.28. The van der Waals surface area contributed by atoms with Gasteiger partial charge in [0.2, 0.25) is 0 Å². The second kappa shape index (κ2) is 7.24. The highest BCUT2D eigenvalue weighted by atomic mass is 32.2. The second-order valence-electron chi connectivity index (χ2n) is 5.42. The Balaban J connectivity index is 1.75. The Bertz CT molecular complexity index is 984. The van der Waals surface area contributed by atoms with Crippen molar-refractivity contribution < 1.29 is 17.4 Å². The van der Waals surface area contributed by atoms with Gasteiger partial charge in [0.1, 0.15) is 5.82 Å². The summed E-state index contributed by atoms with van der Waals surface area (Å²) in [5.41, 5.74) is -0.727. The molecule has 0 saturated heterocycles.